The molecule has 0 spiro atoms. The van der Waals surface area contributed by atoms with E-state index in [1.165, 1.54) is 27.3 Å². The van der Waals surface area contributed by atoms with E-state index in [1.807, 2.05) is 0 Å². The van der Waals surface area contributed by atoms with Crippen LogP contribution in [0.5, 0.6) is 0 Å². The minimum Gasteiger partial charge on any atom is -0.274 e. The maximum Gasteiger partial charge on any atom is 0.277 e. The number of carbonyl (C=O) groups is 1. The van der Waals surface area contributed by atoms with Gasteiger partial charge in [0.25, 0.3) is 5.91 Å². The molecule has 0 fully saturated rings. The Morgan fingerprint density at radius 2 is 1.89 bits per heavy atom. The normalized spacial score (nSPS) is 11.4. The van der Waals surface area contributed by atoms with E-state index in [0.717, 1.165) is 10.6 Å². The minimum absolute atomic E-state index is 0.0999. The minimum atomic E-state index is -3.60. The van der Waals surface area contributed by atoms with E-state index in [0.29, 0.717) is 5.56 Å². The third-order valence-corrected chi connectivity index (χ3v) is 4.53. The summed E-state index contributed by atoms with van der Waals surface area (Å²) in [6.45, 7) is 3.46. The van der Waals surface area contributed by atoms with Crippen molar-refractivity contribution < 1.29 is 18.0 Å². The second-order valence-corrected chi connectivity index (χ2v) is 5.96. The molecule has 1 aromatic carbocycles. The number of amides is 1. The lowest BCUT2D eigenvalue weighted by Crippen LogP contribution is -2.26. The molecule has 0 aliphatic rings. The quantitative estimate of drug-likeness (QED) is 0.832. The number of aryl methyl sites for hydroxylation is 1. The molecular formula is C12H18N2O4S. The van der Waals surface area contributed by atoms with Gasteiger partial charge in [-0.2, -0.15) is 0 Å². The smallest absolute Gasteiger partial charge is 0.274 e. The van der Waals surface area contributed by atoms with Crippen LogP contribution >= 0.6 is 0 Å². The van der Waals surface area contributed by atoms with Crippen molar-refractivity contribution >= 4 is 15.9 Å². The van der Waals surface area contributed by atoms with Gasteiger partial charge in [-0.15, -0.1) is 0 Å². The molecule has 0 unspecified atom stereocenters. The van der Waals surface area contributed by atoms with Gasteiger partial charge in [-0.1, -0.05) is 0 Å². The zero-order valence-corrected chi connectivity index (χ0v) is 12.5. The summed E-state index contributed by atoms with van der Waals surface area (Å²) in [7, 11) is 0.559. The van der Waals surface area contributed by atoms with Gasteiger partial charge in [0, 0.05) is 12.6 Å². The number of carbonyl (C=O) groups excluding carboxylic acids is 1. The molecule has 0 atom stereocenters. The van der Waals surface area contributed by atoms with Crippen LogP contribution in [0, 0.1) is 13.8 Å². The maximum atomic E-state index is 12.0. The van der Waals surface area contributed by atoms with Crippen molar-refractivity contribution in [2.24, 2.45) is 0 Å². The molecule has 19 heavy (non-hydrogen) atoms. The fourth-order valence-electron chi connectivity index (χ4n) is 1.60. The number of nitrogens with one attached hydrogen (secondary N) is 1. The van der Waals surface area contributed by atoms with Crippen LogP contribution in [0.2, 0.25) is 0 Å². The van der Waals surface area contributed by atoms with Crippen LogP contribution in [-0.2, 0) is 14.9 Å². The van der Waals surface area contributed by atoms with E-state index in [2.05, 4.69) is 4.72 Å². The van der Waals surface area contributed by atoms with Crippen LogP contribution in [0.4, 0.5) is 0 Å². The Bertz CT molecular complexity index is 596. The third kappa shape index (κ3) is 3.12. The monoisotopic (exact) mass is 286 g/mol. The third-order valence-electron chi connectivity index (χ3n) is 2.98. The van der Waals surface area contributed by atoms with Gasteiger partial charge in [0.05, 0.1) is 12.0 Å². The predicted octanol–water partition coefficient (Wildman–Crippen LogP) is 0.845. The van der Waals surface area contributed by atoms with Crippen molar-refractivity contribution in [3.8, 4) is 0 Å². The summed E-state index contributed by atoms with van der Waals surface area (Å²) in [4.78, 5) is 16.9. The lowest BCUT2D eigenvalue weighted by atomic mass is 10.1. The number of benzene rings is 1. The van der Waals surface area contributed by atoms with Gasteiger partial charge in [0.15, 0.2) is 0 Å². The molecule has 6 nitrogen and oxygen atoms in total. The maximum absolute atomic E-state index is 12.0. The van der Waals surface area contributed by atoms with Gasteiger partial charge in [-0.25, -0.2) is 18.2 Å². The molecule has 0 saturated heterocycles. The van der Waals surface area contributed by atoms with Gasteiger partial charge in [-0.05, 0) is 44.2 Å². The zero-order chi connectivity index (χ0) is 14.8. The van der Waals surface area contributed by atoms with E-state index < -0.39 is 15.9 Å². The summed E-state index contributed by atoms with van der Waals surface area (Å²) in [6, 6.07) is 2.99. The average molecular weight is 286 g/mol. The molecule has 0 radical (unpaired) electrons. The fourth-order valence-corrected chi connectivity index (χ4v) is 2.67. The van der Waals surface area contributed by atoms with E-state index in [9.17, 15) is 13.2 Å². The van der Waals surface area contributed by atoms with Crippen molar-refractivity contribution in [1.82, 2.24) is 9.79 Å². The summed E-state index contributed by atoms with van der Waals surface area (Å²) in [5, 5.41) is 1.04. The molecule has 1 aromatic rings. The second-order valence-electron chi connectivity index (χ2n) is 4.11. The van der Waals surface area contributed by atoms with Crippen LogP contribution in [0.25, 0.3) is 0 Å². The molecule has 0 aliphatic carbocycles. The molecule has 0 saturated carbocycles. The van der Waals surface area contributed by atoms with Gasteiger partial charge < -0.3 is 0 Å². The molecule has 7 heteroatoms. The Labute approximate surface area is 113 Å². The molecule has 0 aromatic heterocycles. The summed E-state index contributed by atoms with van der Waals surface area (Å²) in [6.07, 6.45) is 0. The lowest BCUT2D eigenvalue weighted by Gasteiger charge is -2.16. The predicted molar refractivity (Wildman–Crippen MR) is 71.3 cm³/mol. The molecule has 106 valence electrons. The Kier molecular flexibility index (Phi) is 4.67. The molecule has 0 heterocycles. The number of rotatable bonds is 4. The van der Waals surface area contributed by atoms with Crippen molar-refractivity contribution in [2.45, 2.75) is 18.7 Å². The van der Waals surface area contributed by atoms with Crippen LogP contribution < -0.4 is 4.72 Å². The van der Waals surface area contributed by atoms with Crippen LogP contribution in [0.3, 0.4) is 0 Å². The molecular weight excluding hydrogens is 268 g/mol. The van der Waals surface area contributed by atoms with Crippen molar-refractivity contribution in [3.63, 3.8) is 0 Å². The largest absolute Gasteiger partial charge is 0.277 e. The standard InChI is InChI=1S/C12H18N2O4S/c1-8-6-10(12(15)14(4)18-5)7-11(9(8)2)19(16,17)13-3/h6-7,13H,1-5H3. The van der Waals surface area contributed by atoms with Crippen molar-refractivity contribution in [1.29, 1.82) is 0 Å². The Morgan fingerprint density at radius 1 is 1.32 bits per heavy atom. The van der Waals surface area contributed by atoms with E-state index in [-0.39, 0.29) is 10.5 Å². The van der Waals surface area contributed by atoms with E-state index in [1.54, 1.807) is 19.9 Å². The zero-order valence-electron chi connectivity index (χ0n) is 11.6. The Morgan fingerprint density at radius 3 is 2.37 bits per heavy atom. The first-order valence-electron chi connectivity index (χ1n) is 5.61. The molecule has 0 aliphatic heterocycles. The fraction of sp³-hybridized carbons (Fsp3) is 0.417. The van der Waals surface area contributed by atoms with Gasteiger partial charge in [-0.3, -0.25) is 9.63 Å². The van der Waals surface area contributed by atoms with Crippen LogP contribution in [0.15, 0.2) is 17.0 Å². The average Bonchev–Trinajstić information content (AvgIpc) is 2.39. The number of hydroxylamine groups is 2. The number of sulfonamides is 1. The number of nitrogens with zero attached hydrogens (tertiary/aromatic N) is 1. The molecule has 1 amide bonds. The first-order chi connectivity index (χ1) is 8.74. The SMILES string of the molecule is CNS(=O)(=O)c1cc(C(=O)N(C)OC)cc(C)c1C. The molecule has 0 bridgehead atoms. The van der Waals surface area contributed by atoms with Gasteiger partial charge in [0.1, 0.15) is 0 Å². The first kappa shape index (κ1) is 15.6. The number of hydrogen-bond acceptors (Lipinski definition) is 4. The van der Waals surface area contributed by atoms with Crippen molar-refractivity contribution in [3.05, 3.63) is 28.8 Å². The second kappa shape index (κ2) is 5.68. The molecule has 1 N–H and O–H groups in total. The highest BCUT2D eigenvalue weighted by Gasteiger charge is 2.20. The summed E-state index contributed by atoms with van der Waals surface area (Å²) in [5.41, 5.74) is 1.61. The Balaban J connectivity index is 3.45. The molecule has 1 rings (SSSR count). The van der Waals surface area contributed by atoms with Crippen LogP contribution in [-0.4, -0.2) is 40.6 Å². The summed E-state index contributed by atoms with van der Waals surface area (Å²) in [5.74, 6) is -0.404. The summed E-state index contributed by atoms with van der Waals surface area (Å²) < 4.78 is 26.1. The van der Waals surface area contributed by atoms with Gasteiger partial charge >= 0.3 is 0 Å². The highest BCUT2D eigenvalue weighted by molar-refractivity contribution is 7.89. The number of hydrogen-bond donors (Lipinski definition) is 1. The summed E-state index contributed by atoms with van der Waals surface area (Å²) >= 11 is 0. The highest BCUT2D eigenvalue weighted by Crippen LogP contribution is 2.21. The Hall–Kier alpha value is -1.44. The first-order valence-corrected chi connectivity index (χ1v) is 7.10. The topological polar surface area (TPSA) is 75.7 Å². The van der Waals surface area contributed by atoms with Crippen molar-refractivity contribution in [2.75, 3.05) is 21.2 Å². The van der Waals surface area contributed by atoms with Gasteiger partial charge in [0.2, 0.25) is 10.0 Å². The van der Waals surface area contributed by atoms with Crippen LogP contribution in [0.1, 0.15) is 21.5 Å². The van der Waals surface area contributed by atoms with E-state index in [4.69, 9.17) is 4.84 Å². The highest BCUT2D eigenvalue weighted by atomic mass is 32.2. The van der Waals surface area contributed by atoms with E-state index >= 15 is 0 Å². The lowest BCUT2D eigenvalue weighted by molar-refractivity contribution is -0.0757.